The Balaban J connectivity index is 0.000000146. The highest BCUT2D eigenvalue weighted by Gasteiger charge is 2.48. The van der Waals surface area contributed by atoms with Gasteiger partial charge in [0.05, 0.1) is 0 Å². The van der Waals surface area contributed by atoms with Crippen LogP contribution < -0.4 is 9.80 Å². The van der Waals surface area contributed by atoms with Crippen molar-refractivity contribution in [3.05, 3.63) is 253 Å². The van der Waals surface area contributed by atoms with Crippen molar-refractivity contribution in [3.63, 3.8) is 0 Å². The van der Waals surface area contributed by atoms with Crippen molar-refractivity contribution in [1.29, 1.82) is 0 Å². The predicted molar refractivity (Wildman–Crippen MR) is 331 cm³/mol. The van der Waals surface area contributed by atoms with Crippen LogP contribution in [0.3, 0.4) is 0 Å². The van der Waals surface area contributed by atoms with E-state index in [0.717, 1.165) is 0 Å². The first-order chi connectivity index (χ1) is 36.7. The van der Waals surface area contributed by atoms with Crippen molar-refractivity contribution in [2.45, 2.75) is 77.0 Å². The first-order valence-corrected chi connectivity index (χ1v) is 28.4. The van der Waals surface area contributed by atoms with E-state index in [4.69, 9.17) is 0 Å². The molecule has 0 saturated carbocycles. The summed E-state index contributed by atoms with van der Waals surface area (Å²) in [6.45, 7) is 19.4. The SMILES string of the molecule is CC1(C)c2cc(N(c3ccccc3)c3ccccc3)ccc2-c2cc3c(cc2C1(C)C)sc1ccccc13.CC1(C)c2cc(N(c3ccccc3)c3ccccc3)ccc2-c2ccc3sc4ccccc4c3c2C1(C)C. The van der Waals surface area contributed by atoms with E-state index in [-0.39, 0.29) is 21.7 Å². The molecule has 2 nitrogen and oxygen atoms in total. The second-order valence-corrected chi connectivity index (χ2v) is 25.1. The fourth-order valence-electron chi connectivity index (χ4n) is 12.6. The monoisotopic (exact) mass is 1020 g/mol. The Labute approximate surface area is 456 Å². The number of benzene rings is 10. The Kier molecular flexibility index (Phi) is 11.3. The quantitative estimate of drug-likeness (QED) is 0.164. The Hall–Kier alpha value is -7.76. The normalized spacial score (nSPS) is 15.3. The fraction of sp³-hybridized carbons (Fsp3) is 0.167. The van der Waals surface area contributed by atoms with Crippen LogP contribution in [0.2, 0.25) is 0 Å². The van der Waals surface area contributed by atoms with E-state index in [1.165, 1.54) is 119 Å². The maximum atomic E-state index is 2.48. The zero-order chi connectivity index (χ0) is 52.1. The Morgan fingerprint density at radius 1 is 0.263 bits per heavy atom. The van der Waals surface area contributed by atoms with Crippen LogP contribution in [-0.4, -0.2) is 0 Å². The molecule has 0 unspecified atom stereocenters. The molecule has 0 N–H and O–H groups in total. The van der Waals surface area contributed by atoms with Crippen molar-refractivity contribution in [3.8, 4) is 22.3 Å². The van der Waals surface area contributed by atoms with Gasteiger partial charge in [-0.15, -0.1) is 22.7 Å². The molecule has 0 fully saturated rings. The zero-order valence-electron chi connectivity index (χ0n) is 44.7. The topological polar surface area (TPSA) is 6.48 Å². The molecular weight excluding hydrogens is 957 g/mol. The van der Waals surface area contributed by atoms with Gasteiger partial charge in [0.2, 0.25) is 0 Å². The van der Waals surface area contributed by atoms with Gasteiger partial charge in [0.1, 0.15) is 0 Å². The second-order valence-electron chi connectivity index (χ2n) is 22.9. The van der Waals surface area contributed by atoms with E-state index in [9.17, 15) is 0 Å². The molecule has 10 aromatic carbocycles. The van der Waals surface area contributed by atoms with Gasteiger partial charge in [0.25, 0.3) is 0 Å². The van der Waals surface area contributed by atoms with Crippen molar-refractivity contribution in [2.24, 2.45) is 0 Å². The number of nitrogens with zero attached hydrogens (tertiary/aromatic N) is 2. The first kappa shape index (κ1) is 47.9. The van der Waals surface area contributed by atoms with E-state index in [1.54, 1.807) is 0 Å². The molecular formula is C72H62N2S2. The van der Waals surface area contributed by atoms with E-state index in [0.29, 0.717) is 0 Å². The number of anilines is 6. The van der Waals surface area contributed by atoms with Gasteiger partial charge < -0.3 is 9.80 Å². The molecule has 14 rings (SSSR count). The largest absolute Gasteiger partial charge is 0.310 e. The first-order valence-electron chi connectivity index (χ1n) is 26.7. The van der Waals surface area contributed by atoms with Crippen LogP contribution in [-0.2, 0) is 21.7 Å². The summed E-state index contributed by atoms with van der Waals surface area (Å²) in [5.74, 6) is 0. The molecule has 2 aromatic heterocycles. The summed E-state index contributed by atoms with van der Waals surface area (Å²) in [5.41, 5.74) is 18.0. The average Bonchev–Trinajstić information content (AvgIpc) is 4.18. The molecule has 76 heavy (non-hydrogen) atoms. The molecule has 12 aromatic rings. The summed E-state index contributed by atoms with van der Waals surface area (Å²) in [4.78, 5) is 4.74. The fourth-order valence-corrected chi connectivity index (χ4v) is 14.8. The molecule has 0 saturated heterocycles. The lowest BCUT2D eigenvalue weighted by Crippen LogP contribution is -2.43. The molecule has 0 spiro atoms. The van der Waals surface area contributed by atoms with Crippen LogP contribution in [0.15, 0.2) is 231 Å². The molecule has 372 valence electrons. The lowest BCUT2D eigenvalue weighted by Gasteiger charge is -2.49. The van der Waals surface area contributed by atoms with Gasteiger partial charge in [0.15, 0.2) is 0 Å². The Morgan fingerprint density at radius 2 is 0.645 bits per heavy atom. The van der Waals surface area contributed by atoms with E-state index in [1.807, 2.05) is 22.7 Å². The average molecular weight is 1020 g/mol. The highest BCUT2D eigenvalue weighted by Crippen LogP contribution is 2.59. The number of hydrogen-bond donors (Lipinski definition) is 0. The van der Waals surface area contributed by atoms with Crippen molar-refractivity contribution >= 4 is 97.1 Å². The van der Waals surface area contributed by atoms with Crippen LogP contribution in [0.5, 0.6) is 0 Å². The third-order valence-electron chi connectivity index (χ3n) is 18.0. The van der Waals surface area contributed by atoms with Gasteiger partial charge in [-0.3, -0.25) is 0 Å². The number of para-hydroxylation sites is 4. The van der Waals surface area contributed by atoms with Crippen molar-refractivity contribution in [1.82, 2.24) is 0 Å². The molecule has 0 amide bonds. The summed E-state index contributed by atoms with van der Waals surface area (Å²) in [6.07, 6.45) is 0. The summed E-state index contributed by atoms with van der Waals surface area (Å²) < 4.78 is 5.49. The third kappa shape index (κ3) is 7.40. The van der Waals surface area contributed by atoms with Gasteiger partial charge >= 0.3 is 0 Å². The number of hydrogen-bond acceptors (Lipinski definition) is 4. The molecule has 2 heterocycles. The van der Waals surface area contributed by atoms with Crippen LogP contribution in [0.1, 0.15) is 77.6 Å². The molecule has 2 aliphatic carbocycles. The summed E-state index contributed by atoms with van der Waals surface area (Å²) >= 11 is 3.82. The maximum absolute atomic E-state index is 2.48. The van der Waals surface area contributed by atoms with Crippen molar-refractivity contribution < 1.29 is 0 Å². The van der Waals surface area contributed by atoms with Crippen LogP contribution in [0, 0.1) is 0 Å². The minimum Gasteiger partial charge on any atom is -0.310 e. The minimum atomic E-state index is -0.0816. The summed E-state index contributed by atoms with van der Waals surface area (Å²) in [7, 11) is 0. The van der Waals surface area contributed by atoms with Gasteiger partial charge in [-0.1, -0.05) is 183 Å². The molecule has 4 heteroatoms. The number of fused-ring (bicyclic) bond motifs is 13. The molecule has 0 aliphatic heterocycles. The Bertz CT molecular complexity index is 3960. The van der Waals surface area contributed by atoms with Crippen LogP contribution in [0.25, 0.3) is 62.6 Å². The molecule has 0 radical (unpaired) electrons. The van der Waals surface area contributed by atoms with Crippen molar-refractivity contribution in [2.75, 3.05) is 9.80 Å². The minimum absolute atomic E-state index is 0.0390. The number of rotatable bonds is 6. The predicted octanol–water partition coefficient (Wildman–Crippen LogP) is 21.5. The van der Waals surface area contributed by atoms with Gasteiger partial charge in [0, 0.05) is 79.9 Å². The lowest BCUT2D eigenvalue weighted by atomic mass is 9.55. The van der Waals surface area contributed by atoms with Gasteiger partial charge in [-0.05, 0) is 164 Å². The standard InChI is InChI=1S/2C36H31NS/c1-35(2)31-21-26(37(24-13-7-5-8-14-24)25-15-9-6-10-16-25)19-20-27(31)29-22-30-28-17-11-12-18-33(28)38-34(30)23-32(29)36(35,3)4;1-35(2)30-23-26(37(24-13-7-5-8-14-24)25-15-9-6-10-16-25)19-20-27(30)28-21-22-32-33(34(28)36(35,3)4)29-17-11-12-18-31(29)38-32/h2*5-23H,1-4H3. The third-order valence-corrected chi connectivity index (χ3v) is 20.3. The van der Waals surface area contributed by atoms with Gasteiger partial charge in [-0.25, -0.2) is 0 Å². The second kappa shape index (κ2) is 17.9. The van der Waals surface area contributed by atoms with E-state index in [2.05, 4.69) is 296 Å². The highest BCUT2D eigenvalue weighted by atomic mass is 32.1. The summed E-state index contributed by atoms with van der Waals surface area (Å²) in [5, 5.41) is 5.54. The maximum Gasteiger partial charge on any atom is 0.0464 e. The van der Waals surface area contributed by atoms with Crippen LogP contribution >= 0.6 is 22.7 Å². The molecule has 0 atom stereocenters. The zero-order valence-corrected chi connectivity index (χ0v) is 46.3. The van der Waals surface area contributed by atoms with Gasteiger partial charge in [-0.2, -0.15) is 0 Å². The smallest absolute Gasteiger partial charge is 0.0464 e. The van der Waals surface area contributed by atoms with Crippen LogP contribution in [0.4, 0.5) is 34.1 Å². The van der Waals surface area contributed by atoms with E-state index < -0.39 is 0 Å². The van der Waals surface area contributed by atoms with E-state index >= 15 is 0 Å². The molecule has 2 aliphatic rings. The number of thiophene rings is 2. The molecule has 0 bridgehead atoms. The Morgan fingerprint density at radius 3 is 1.14 bits per heavy atom. The summed E-state index contributed by atoms with van der Waals surface area (Å²) in [6, 6.07) is 84.3. The lowest BCUT2D eigenvalue weighted by molar-refractivity contribution is 0.299. The highest BCUT2D eigenvalue weighted by molar-refractivity contribution is 7.26.